The van der Waals surface area contributed by atoms with Gasteiger partial charge in [0.25, 0.3) is 0 Å². The van der Waals surface area contributed by atoms with Gasteiger partial charge in [0.05, 0.1) is 11.4 Å². The number of benzene rings is 2. The summed E-state index contributed by atoms with van der Waals surface area (Å²) in [7, 11) is -4.09. The van der Waals surface area contributed by atoms with E-state index in [2.05, 4.69) is 10.4 Å². The zero-order valence-electron chi connectivity index (χ0n) is 17.5. The summed E-state index contributed by atoms with van der Waals surface area (Å²) in [5, 5.41) is 7.17. The predicted octanol–water partition coefficient (Wildman–Crippen LogP) is 4.17. The number of aromatic nitrogens is 2. The lowest BCUT2D eigenvalue weighted by Crippen LogP contribution is -2.13. The molecular weight excluding hydrogens is 402 g/mol. The van der Waals surface area contributed by atoms with Crippen LogP contribution in [0.25, 0.3) is 5.69 Å². The molecule has 0 atom stereocenters. The van der Waals surface area contributed by atoms with Crippen molar-refractivity contribution in [3.8, 4) is 11.6 Å². The number of carbonyl (C=O) groups excluding carboxylic acids is 1. The van der Waals surface area contributed by atoms with Crippen molar-refractivity contribution in [1.29, 1.82) is 0 Å². The normalized spacial score (nSPS) is 11.3. The molecule has 0 spiro atoms. The lowest BCUT2D eigenvalue weighted by atomic mass is 10.1. The van der Waals surface area contributed by atoms with Crippen molar-refractivity contribution in [1.82, 2.24) is 9.78 Å². The maximum Gasteiger partial charge on any atom is 0.340 e. The average Bonchev–Trinajstić information content (AvgIpc) is 3.03. The van der Waals surface area contributed by atoms with Crippen molar-refractivity contribution in [2.24, 2.45) is 0 Å². The molecule has 0 aliphatic carbocycles. The van der Waals surface area contributed by atoms with Gasteiger partial charge in [-0.2, -0.15) is 18.2 Å². The zero-order chi connectivity index (χ0) is 21.9. The smallest absolute Gasteiger partial charge is 0.340 e. The fourth-order valence-corrected chi connectivity index (χ4v) is 4.04. The lowest BCUT2D eigenvalue weighted by Gasteiger charge is -2.12. The van der Waals surface area contributed by atoms with Crippen LogP contribution in [-0.2, 0) is 21.3 Å². The minimum atomic E-state index is -4.09. The molecule has 0 fully saturated rings. The molecule has 158 valence electrons. The van der Waals surface area contributed by atoms with E-state index in [1.54, 1.807) is 6.07 Å². The van der Waals surface area contributed by atoms with Gasteiger partial charge in [-0.3, -0.25) is 4.79 Å². The fourth-order valence-electron chi connectivity index (χ4n) is 3.13. The van der Waals surface area contributed by atoms with Gasteiger partial charge in [0.15, 0.2) is 0 Å². The molecule has 0 saturated carbocycles. The molecule has 1 N–H and O–H groups in total. The Bertz CT molecular complexity index is 1170. The first kappa shape index (κ1) is 21.6. The van der Waals surface area contributed by atoms with Crippen LogP contribution in [0, 0.1) is 13.8 Å². The van der Waals surface area contributed by atoms with Crippen LogP contribution >= 0.6 is 0 Å². The number of hydrogen-bond acceptors (Lipinski definition) is 5. The minimum Gasteiger partial charge on any atom is -0.358 e. The number of hydrogen-bond donors (Lipinski definition) is 1. The standard InChI is InChI=1S/C22H25N3O4S/c1-5-6-19-14-22(25(24-19)21-12-7-15(2)13-16(21)3)29-30(27,28)20-10-8-18(9-11-20)23-17(4)26/h7-14H,5-6H2,1-4H3,(H,23,26). The number of amides is 1. The van der Waals surface area contributed by atoms with Crippen LogP contribution in [0.1, 0.15) is 37.1 Å². The molecule has 7 nitrogen and oxygen atoms in total. The van der Waals surface area contributed by atoms with Crippen molar-refractivity contribution in [3.05, 3.63) is 65.4 Å². The van der Waals surface area contributed by atoms with Gasteiger partial charge in [0, 0.05) is 18.7 Å². The molecule has 8 heteroatoms. The highest BCUT2D eigenvalue weighted by Gasteiger charge is 2.22. The van der Waals surface area contributed by atoms with Gasteiger partial charge < -0.3 is 9.50 Å². The van der Waals surface area contributed by atoms with Crippen molar-refractivity contribution in [3.63, 3.8) is 0 Å². The van der Waals surface area contributed by atoms with Crippen molar-refractivity contribution in [2.45, 2.75) is 45.4 Å². The Morgan fingerprint density at radius 2 is 1.80 bits per heavy atom. The van der Waals surface area contributed by atoms with Crippen molar-refractivity contribution >= 4 is 21.7 Å². The van der Waals surface area contributed by atoms with Crippen molar-refractivity contribution in [2.75, 3.05) is 5.32 Å². The Hall–Kier alpha value is -3.13. The maximum absolute atomic E-state index is 12.9. The largest absolute Gasteiger partial charge is 0.358 e. The van der Waals surface area contributed by atoms with Gasteiger partial charge in [-0.1, -0.05) is 31.0 Å². The van der Waals surface area contributed by atoms with Crippen LogP contribution in [0.15, 0.2) is 53.4 Å². The van der Waals surface area contributed by atoms with E-state index < -0.39 is 10.1 Å². The molecule has 0 saturated heterocycles. The number of rotatable bonds is 7. The molecule has 0 unspecified atom stereocenters. The summed E-state index contributed by atoms with van der Waals surface area (Å²) in [6.45, 7) is 7.36. The van der Waals surface area contributed by atoms with E-state index in [9.17, 15) is 13.2 Å². The second-order valence-electron chi connectivity index (χ2n) is 7.17. The summed E-state index contributed by atoms with van der Waals surface area (Å²) >= 11 is 0. The minimum absolute atomic E-state index is 0.0120. The SMILES string of the molecule is CCCc1cc(OS(=O)(=O)c2ccc(NC(C)=O)cc2)n(-c2ccc(C)cc2C)n1. The topological polar surface area (TPSA) is 90.3 Å². The number of nitrogens with one attached hydrogen (secondary N) is 1. The summed E-state index contributed by atoms with van der Waals surface area (Å²) in [6, 6.07) is 13.3. The first-order chi connectivity index (χ1) is 14.2. The summed E-state index contributed by atoms with van der Waals surface area (Å²) in [5.41, 5.74) is 4.08. The molecule has 1 aromatic heterocycles. The molecule has 0 radical (unpaired) electrons. The molecule has 1 amide bonds. The molecule has 0 aliphatic rings. The lowest BCUT2D eigenvalue weighted by molar-refractivity contribution is -0.114. The van der Waals surface area contributed by atoms with Gasteiger partial charge >= 0.3 is 10.1 Å². The van der Waals surface area contributed by atoms with Gasteiger partial charge in [0.1, 0.15) is 4.90 Å². The summed E-state index contributed by atoms with van der Waals surface area (Å²) in [6.07, 6.45) is 1.58. The number of aryl methyl sites for hydroxylation is 3. The molecule has 1 heterocycles. The van der Waals surface area contributed by atoms with E-state index in [1.165, 1.54) is 35.9 Å². The molecule has 0 aliphatic heterocycles. The number of carbonyl (C=O) groups is 1. The Labute approximate surface area is 176 Å². The summed E-state index contributed by atoms with van der Waals surface area (Å²) < 4.78 is 32.8. The quantitative estimate of drug-likeness (QED) is 0.572. The van der Waals surface area contributed by atoms with Gasteiger partial charge in [-0.25, -0.2) is 0 Å². The second kappa shape index (κ2) is 8.71. The Kier molecular flexibility index (Phi) is 6.26. The number of nitrogens with zero attached hydrogens (tertiary/aromatic N) is 2. The number of anilines is 1. The Balaban J connectivity index is 1.97. The van der Waals surface area contributed by atoms with Crippen LogP contribution in [-0.4, -0.2) is 24.1 Å². The van der Waals surface area contributed by atoms with Crippen LogP contribution in [0.3, 0.4) is 0 Å². The molecule has 30 heavy (non-hydrogen) atoms. The third-order valence-corrected chi connectivity index (χ3v) is 5.71. The van der Waals surface area contributed by atoms with E-state index >= 15 is 0 Å². The summed E-state index contributed by atoms with van der Waals surface area (Å²) in [5.74, 6) is -0.0981. The summed E-state index contributed by atoms with van der Waals surface area (Å²) in [4.78, 5) is 11.1. The Morgan fingerprint density at radius 1 is 1.10 bits per heavy atom. The highest BCUT2D eigenvalue weighted by atomic mass is 32.2. The fraction of sp³-hybridized carbons (Fsp3) is 0.273. The van der Waals surface area contributed by atoms with Gasteiger partial charge in [-0.05, 0) is 56.2 Å². The average molecular weight is 428 g/mol. The molecule has 3 aromatic rings. The van der Waals surface area contributed by atoms with E-state index in [4.69, 9.17) is 4.18 Å². The Morgan fingerprint density at radius 3 is 2.40 bits per heavy atom. The van der Waals surface area contributed by atoms with Gasteiger partial charge in [-0.15, -0.1) is 0 Å². The van der Waals surface area contributed by atoms with E-state index in [0.29, 0.717) is 12.1 Å². The van der Waals surface area contributed by atoms with Crippen LogP contribution in [0.2, 0.25) is 0 Å². The van der Waals surface area contributed by atoms with E-state index in [0.717, 1.165) is 28.9 Å². The molecule has 2 aromatic carbocycles. The monoisotopic (exact) mass is 427 g/mol. The first-order valence-electron chi connectivity index (χ1n) is 9.68. The zero-order valence-corrected chi connectivity index (χ0v) is 18.3. The first-order valence-corrected chi connectivity index (χ1v) is 11.1. The van der Waals surface area contributed by atoms with Crippen LogP contribution in [0.4, 0.5) is 5.69 Å². The molecule has 3 rings (SSSR count). The maximum atomic E-state index is 12.9. The van der Waals surface area contributed by atoms with Crippen molar-refractivity contribution < 1.29 is 17.4 Å². The van der Waals surface area contributed by atoms with Crippen LogP contribution in [0.5, 0.6) is 5.88 Å². The van der Waals surface area contributed by atoms with E-state index in [-0.39, 0.29) is 16.7 Å². The highest BCUT2D eigenvalue weighted by Crippen LogP contribution is 2.27. The predicted molar refractivity (Wildman–Crippen MR) is 116 cm³/mol. The third-order valence-electron chi connectivity index (χ3n) is 4.47. The molecule has 0 bridgehead atoms. The van der Waals surface area contributed by atoms with E-state index in [1.807, 2.05) is 39.0 Å². The van der Waals surface area contributed by atoms with Crippen LogP contribution < -0.4 is 9.50 Å². The third kappa shape index (κ3) is 4.88. The molecular formula is C22H25N3O4S. The second-order valence-corrected chi connectivity index (χ2v) is 8.71. The highest BCUT2D eigenvalue weighted by molar-refractivity contribution is 7.87. The van der Waals surface area contributed by atoms with Gasteiger partial charge in [0.2, 0.25) is 11.8 Å².